The summed E-state index contributed by atoms with van der Waals surface area (Å²) in [5, 5.41) is 0.179. The standard InChI is InChI=1S/C15H19ClO2S/c1-11(19(18)10-12-4-2-3-5-12)15(17)13-6-8-14(16)9-7-13/h6-9,11-12H,2-5,10H2,1H3. The van der Waals surface area contributed by atoms with Crippen LogP contribution >= 0.6 is 11.6 Å². The molecule has 0 aliphatic heterocycles. The number of benzene rings is 1. The zero-order valence-electron chi connectivity index (χ0n) is 11.1. The van der Waals surface area contributed by atoms with E-state index in [1.54, 1.807) is 31.2 Å². The van der Waals surface area contributed by atoms with Crippen LogP contribution in [0.2, 0.25) is 5.02 Å². The van der Waals surface area contributed by atoms with Gasteiger partial charge in [0.05, 0.1) is 5.25 Å². The SMILES string of the molecule is CC(C(=O)c1ccc(Cl)cc1)S(=O)CC1CCCC1. The van der Waals surface area contributed by atoms with Gasteiger partial charge >= 0.3 is 0 Å². The molecule has 1 fully saturated rings. The molecule has 0 N–H and O–H groups in total. The van der Waals surface area contributed by atoms with E-state index in [0.717, 1.165) is 12.8 Å². The summed E-state index contributed by atoms with van der Waals surface area (Å²) in [4.78, 5) is 12.2. The normalized spacial score (nSPS) is 19.3. The summed E-state index contributed by atoms with van der Waals surface area (Å²) < 4.78 is 12.2. The van der Waals surface area contributed by atoms with E-state index in [9.17, 15) is 9.00 Å². The van der Waals surface area contributed by atoms with Crippen LogP contribution in [0.15, 0.2) is 24.3 Å². The van der Waals surface area contributed by atoms with Gasteiger partial charge in [-0.05, 0) is 49.9 Å². The number of Topliss-reactive ketones (excluding diaryl/α,β-unsaturated/α-hetero) is 1. The maximum atomic E-state index is 12.2. The highest BCUT2D eigenvalue weighted by Crippen LogP contribution is 2.26. The van der Waals surface area contributed by atoms with Gasteiger partial charge in [0.2, 0.25) is 0 Å². The molecule has 2 nitrogen and oxygen atoms in total. The third kappa shape index (κ3) is 3.90. The van der Waals surface area contributed by atoms with Crippen LogP contribution in [-0.4, -0.2) is 21.0 Å². The van der Waals surface area contributed by atoms with Crippen LogP contribution in [0.25, 0.3) is 0 Å². The highest BCUT2D eigenvalue weighted by atomic mass is 35.5. The first-order chi connectivity index (χ1) is 9.08. The Hall–Kier alpha value is -0.670. The molecule has 1 aromatic rings. The molecule has 2 unspecified atom stereocenters. The Labute approximate surface area is 122 Å². The molecule has 0 saturated heterocycles. The van der Waals surface area contributed by atoms with Crippen molar-refractivity contribution in [3.63, 3.8) is 0 Å². The molecule has 104 valence electrons. The Bertz CT molecular complexity index is 464. The van der Waals surface area contributed by atoms with Crippen LogP contribution in [-0.2, 0) is 10.8 Å². The van der Waals surface area contributed by atoms with E-state index in [-0.39, 0.29) is 5.78 Å². The van der Waals surface area contributed by atoms with Crippen molar-refractivity contribution in [3.8, 4) is 0 Å². The van der Waals surface area contributed by atoms with Gasteiger partial charge in [-0.1, -0.05) is 24.4 Å². The Morgan fingerprint density at radius 3 is 2.47 bits per heavy atom. The van der Waals surface area contributed by atoms with Gasteiger partial charge in [-0.2, -0.15) is 0 Å². The first kappa shape index (κ1) is 14.7. The van der Waals surface area contributed by atoms with Gasteiger partial charge in [0.15, 0.2) is 5.78 Å². The smallest absolute Gasteiger partial charge is 0.178 e. The minimum atomic E-state index is -1.07. The van der Waals surface area contributed by atoms with Crippen LogP contribution in [0.4, 0.5) is 0 Å². The fraction of sp³-hybridized carbons (Fsp3) is 0.533. The van der Waals surface area contributed by atoms with Gasteiger partial charge in [-0.15, -0.1) is 0 Å². The van der Waals surface area contributed by atoms with Gasteiger partial charge < -0.3 is 0 Å². The quantitative estimate of drug-likeness (QED) is 0.774. The predicted molar refractivity (Wildman–Crippen MR) is 80.2 cm³/mol. The summed E-state index contributed by atoms with van der Waals surface area (Å²) in [5.41, 5.74) is 0.594. The van der Waals surface area contributed by atoms with E-state index in [1.165, 1.54) is 12.8 Å². The van der Waals surface area contributed by atoms with Crippen molar-refractivity contribution >= 4 is 28.2 Å². The summed E-state index contributed by atoms with van der Waals surface area (Å²) in [6.07, 6.45) is 4.80. The lowest BCUT2D eigenvalue weighted by Crippen LogP contribution is -2.26. The highest BCUT2D eigenvalue weighted by molar-refractivity contribution is 7.86. The molecule has 19 heavy (non-hydrogen) atoms. The van der Waals surface area contributed by atoms with Crippen LogP contribution in [0.1, 0.15) is 43.0 Å². The average molecular weight is 299 g/mol. The Morgan fingerprint density at radius 1 is 1.32 bits per heavy atom. The van der Waals surface area contributed by atoms with Crippen LogP contribution in [0, 0.1) is 5.92 Å². The lowest BCUT2D eigenvalue weighted by Gasteiger charge is -2.14. The van der Waals surface area contributed by atoms with E-state index in [1.807, 2.05) is 0 Å². The maximum absolute atomic E-state index is 12.2. The second-order valence-electron chi connectivity index (χ2n) is 5.21. The van der Waals surface area contributed by atoms with Crippen molar-refractivity contribution < 1.29 is 9.00 Å². The maximum Gasteiger partial charge on any atom is 0.178 e. The van der Waals surface area contributed by atoms with E-state index in [4.69, 9.17) is 11.6 Å². The summed E-state index contributed by atoms with van der Waals surface area (Å²) in [6, 6.07) is 6.80. The van der Waals surface area contributed by atoms with Crippen LogP contribution in [0.3, 0.4) is 0 Å². The molecule has 1 aliphatic carbocycles. The number of hydrogen-bond donors (Lipinski definition) is 0. The third-order valence-electron chi connectivity index (χ3n) is 3.77. The molecule has 1 saturated carbocycles. The van der Waals surface area contributed by atoms with E-state index < -0.39 is 16.0 Å². The van der Waals surface area contributed by atoms with Gasteiger partial charge in [0, 0.05) is 27.1 Å². The zero-order chi connectivity index (χ0) is 13.8. The topological polar surface area (TPSA) is 34.1 Å². The van der Waals surface area contributed by atoms with Crippen molar-refractivity contribution in [2.45, 2.75) is 37.9 Å². The Morgan fingerprint density at radius 2 is 1.89 bits per heavy atom. The summed E-state index contributed by atoms with van der Waals surface area (Å²) >= 11 is 5.80. The molecule has 0 spiro atoms. The number of ketones is 1. The van der Waals surface area contributed by atoms with E-state index in [0.29, 0.717) is 22.3 Å². The molecule has 0 radical (unpaired) electrons. The molecule has 0 amide bonds. The molecule has 2 rings (SSSR count). The molecular formula is C15H19ClO2S. The summed E-state index contributed by atoms with van der Waals surface area (Å²) in [5.74, 6) is 1.16. The number of rotatable bonds is 5. The Balaban J connectivity index is 1.97. The van der Waals surface area contributed by atoms with Crippen molar-refractivity contribution in [2.24, 2.45) is 5.92 Å². The fourth-order valence-corrected chi connectivity index (χ4v) is 4.11. The molecule has 2 atom stereocenters. The van der Waals surface area contributed by atoms with Gasteiger partial charge in [0.25, 0.3) is 0 Å². The number of halogens is 1. The molecule has 1 aromatic carbocycles. The fourth-order valence-electron chi connectivity index (χ4n) is 2.52. The van der Waals surface area contributed by atoms with Gasteiger partial charge in [0.1, 0.15) is 0 Å². The number of hydrogen-bond acceptors (Lipinski definition) is 2. The highest BCUT2D eigenvalue weighted by Gasteiger charge is 2.25. The molecule has 4 heteroatoms. The van der Waals surface area contributed by atoms with Crippen LogP contribution < -0.4 is 0 Å². The molecule has 1 aliphatic rings. The summed E-state index contributed by atoms with van der Waals surface area (Å²) in [7, 11) is -1.07. The van der Waals surface area contributed by atoms with E-state index >= 15 is 0 Å². The second kappa shape index (κ2) is 6.67. The lowest BCUT2D eigenvalue weighted by molar-refractivity contribution is 0.0992. The monoisotopic (exact) mass is 298 g/mol. The third-order valence-corrected chi connectivity index (χ3v) is 5.82. The van der Waals surface area contributed by atoms with Gasteiger partial charge in [-0.3, -0.25) is 9.00 Å². The minimum absolute atomic E-state index is 0.0482. The first-order valence-electron chi connectivity index (χ1n) is 6.75. The summed E-state index contributed by atoms with van der Waals surface area (Å²) in [6.45, 7) is 1.77. The minimum Gasteiger partial charge on any atom is -0.293 e. The van der Waals surface area contributed by atoms with Gasteiger partial charge in [-0.25, -0.2) is 0 Å². The van der Waals surface area contributed by atoms with E-state index in [2.05, 4.69) is 0 Å². The molecule has 0 heterocycles. The molecular weight excluding hydrogens is 280 g/mol. The predicted octanol–water partition coefficient (Wildman–Crippen LogP) is 3.85. The number of carbonyl (C=O) groups excluding carboxylic acids is 1. The number of carbonyl (C=O) groups is 1. The van der Waals surface area contributed by atoms with Crippen molar-refractivity contribution in [1.29, 1.82) is 0 Å². The largest absolute Gasteiger partial charge is 0.293 e. The molecule has 0 aromatic heterocycles. The Kier molecular flexibility index (Phi) is 5.17. The lowest BCUT2D eigenvalue weighted by atomic mass is 10.1. The first-order valence-corrected chi connectivity index (χ1v) is 8.51. The van der Waals surface area contributed by atoms with Crippen molar-refractivity contribution in [1.82, 2.24) is 0 Å². The van der Waals surface area contributed by atoms with Crippen molar-refractivity contribution in [3.05, 3.63) is 34.9 Å². The average Bonchev–Trinajstić information content (AvgIpc) is 2.90. The van der Waals surface area contributed by atoms with Crippen molar-refractivity contribution in [2.75, 3.05) is 5.75 Å². The molecule has 0 bridgehead atoms. The second-order valence-corrected chi connectivity index (χ2v) is 7.45. The zero-order valence-corrected chi connectivity index (χ0v) is 12.7. The van der Waals surface area contributed by atoms with Crippen LogP contribution in [0.5, 0.6) is 0 Å².